The number of pyridine rings is 1. The average Bonchev–Trinajstić information content (AvgIpc) is 2.30. The van der Waals surface area contributed by atoms with E-state index >= 15 is 0 Å². The molecule has 16 heavy (non-hydrogen) atoms. The molecule has 1 N–H and O–H groups in total. The van der Waals surface area contributed by atoms with Crippen LogP contribution in [0.15, 0.2) is 42.6 Å². The maximum atomic E-state index is 11.7. The van der Waals surface area contributed by atoms with E-state index < -0.39 is 0 Å². The minimum atomic E-state index is -0.219. The molecule has 2 aromatic rings. The van der Waals surface area contributed by atoms with E-state index in [4.69, 9.17) is 11.6 Å². The largest absolute Gasteiger partial charge is 0.322 e. The lowest BCUT2D eigenvalue weighted by Crippen LogP contribution is -2.11. The van der Waals surface area contributed by atoms with Gasteiger partial charge >= 0.3 is 0 Å². The number of halogens is 1. The molecule has 0 aliphatic heterocycles. The molecule has 0 saturated heterocycles. The first-order valence-corrected chi connectivity index (χ1v) is 5.02. The summed E-state index contributed by atoms with van der Waals surface area (Å²) >= 11 is 5.81. The smallest absolute Gasteiger partial charge is 0.257 e. The third kappa shape index (κ3) is 2.58. The Hall–Kier alpha value is -1.87. The van der Waals surface area contributed by atoms with Crippen LogP contribution in [0.25, 0.3) is 0 Å². The van der Waals surface area contributed by atoms with Crippen molar-refractivity contribution < 1.29 is 4.79 Å². The van der Waals surface area contributed by atoms with Crippen molar-refractivity contribution in [2.75, 3.05) is 5.32 Å². The molecule has 0 spiro atoms. The minimum Gasteiger partial charge on any atom is -0.322 e. The van der Waals surface area contributed by atoms with Crippen LogP contribution in [-0.4, -0.2) is 10.9 Å². The first-order valence-electron chi connectivity index (χ1n) is 4.65. The Morgan fingerprint density at radius 3 is 2.94 bits per heavy atom. The highest BCUT2D eigenvalue weighted by atomic mass is 35.5. The number of aromatic nitrogens is 1. The van der Waals surface area contributed by atoms with Gasteiger partial charge in [-0.25, -0.2) is 0 Å². The second-order valence-electron chi connectivity index (χ2n) is 3.14. The van der Waals surface area contributed by atoms with Gasteiger partial charge in [0.15, 0.2) is 0 Å². The molecule has 0 unspecified atom stereocenters. The van der Waals surface area contributed by atoms with Crippen molar-refractivity contribution in [1.82, 2.24) is 4.98 Å². The Morgan fingerprint density at radius 1 is 1.38 bits per heavy atom. The number of carbonyl (C=O) groups excluding carboxylic acids is 1. The summed E-state index contributed by atoms with van der Waals surface area (Å²) in [5.74, 6) is -0.219. The SMILES string of the molecule is O=C(Nc1cccc(Cl)c1)c1cc[c]nc1. The maximum Gasteiger partial charge on any atom is 0.257 e. The van der Waals surface area contributed by atoms with Crippen molar-refractivity contribution in [2.45, 2.75) is 0 Å². The minimum absolute atomic E-state index is 0.219. The van der Waals surface area contributed by atoms with Crippen molar-refractivity contribution in [3.63, 3.8) is 0 Å². The first kappa shape index (κ1) is 10.6. The third-order valence-electron chi connectivity index (χ3n) is 1.96. The Labute approximate surface area is 98.1 Å². The normalized spacial score (nSPS) is 9.81. The second kappa shape index (κ2) is 4.77. The van der Waals surface area contributed by atoms with Crippen LogP contribution in [-0.2, 0) is 0 Å². The number of carbonyl (C=O) groups is 1. The molecule has 0 aliphatic carbocycles. The molecule has 1 aromatic carbocycles. The highest BCUT2D eigenvalue weighted by Gasteiger charge is 2.05. The molecule has 79 valence electrons. The lowest BCUT2D eigenvalue weighted by molar-refractivity contribution is 0.102. The number of anilines is 1. The summed E-state index contributed by atoms with van der Waals surface area (Å²) in [4.78, 5) is 15.5. The van der Waals surface area contributed by atoms with Gasteiger partial charge in [0.2, 0.25) is 0 Å². The monoisotopic (exact) mass is 231 g/mol. The van der Waals surface area contributed by atoms with Gasteiger partial charge in [0.05, 0.1) is 11.8 Å². The second-order valence-corrected chi connectivity index (χ2v) is 3.58. The van der Waals surface area contributed by atoms with Crippen LogP contribution >= 0.6 is 11.6 Å². The highest BCUT2D eigenvalue weighted by Crippen LogP contribution is 2.15. The fourth-order valence-electron chi connectivity index (χ4n) is 1.22. The van der Waals surface area contributed by atoms with Crippen LogP contribution in [0, 0.1) is 6.20 Å². The molecule has 3 nitrogen and oxygen atoms in total. The number of benzene rings is 1. The lowest BCUT2D eigenvalue weighted by atomic mass is 10.2. The molecule has 0 atom stereocenters. The van der Waals surface area contributed by atoms with Crippen molar-refractivity contribution in [3.05, 3.63) is 59.4 Å². The zero-order valence-electron chi connectivity index (χ0n) is 8.27. The van der Waals surface area contributed by atoms with Gasteiger partial charge in [-0.2, -0.15) is 0 Å². The molecule has 0 aliphatic rings. The van der Waals surface area contributed by atoms with E-state index in [1.165, 1.54) is 6.20 Å². The topological polar surface area (TPSA) is 42.0 Å². The van der Waals surface area contributed by atoms with Crippen LogP contribution in [0.3, 0.4) is 0 Å². The van der Waals surface area contributed by atoms with Crippen LogP contribution in [0.4, 0.5) is 5.69 Å². The molecular formula is C12H8ClN2O. The first-order chi connectivity index (χ1) is 7.75. The fourth-order valence-corrected chi connectivity index (χ4v) is 1.41. The summed E-state index contributed by atoms with van der Waals surface area (Å²) in [7, 11) is 0. The van der Waals surface area contributed by atoms with E-state index in [1.54, 1.807) is 36.4 Å². The van der Waals surface area contributed by atoms with E-state index in [0.29, 0.717) is 16.3 Å². The number of rotatable bonds is 2. The number of hydrogen-bond donors (Lipinski definition) is 1. The lowest BCUT2D eigenvalue weighted by Gasteiger charge is -2.04. The van der Waals surface area contributed by atoms with Crippen molar-refractivity contribution in [2.24, 2.45) is 0 Å². The number of nitrogens with one attached hydrogen (secondary N) is 1. The van der Waals surface area contributed by atoms with Gasteiger partial charge in [-0.05, 0) is 30.3 Å². The molecule has 1 amide bonds. The van der Waals surface area contributed by atoms with Gasteiger partial charge in [0, 0.05) is 16.9 Å². The van der Waals surface area contributed by atoms with Gasteiger partial charge in [-0.3, -0.25) is 9.78 Å². The van der Waals surface area contributed by atoms with Gasteiger partial charge in [-0.1, -0.05) is 17.7 Å². The van der Waals surface area contributed by atoms with Gasteiger partial charge in [-0.15, -0.1) is 0 Å². The predicted octanol–water partition coefficient (Wildman–Crippen LogP) is 2.79. The maximum absolute atomic E-state index is 11.7. The van der Waals surface area contributed by atoms with Crippen molar-refractivity contribution in [3.8, 4) is 0 Å². The molecular weight excluding hydrogens is 224 g/mol. The molecule has 0 bridgehead atoms. The summed E-state index contributed by atoms with van der Waals surface area (Å²) in [5, 5.41) is 3.30. The van der Waals surface area contributed by atoms with E-state index in [-0.39, 0.29) is 5.91 Å². The standard InChI is InChI=1S/C12H8ClN2O/c13-10-4-1-5-11(7-10)15-12(16)9-3-2-6-14-8-9/h1-5,7-8H,(H,15,16). The summed E-state index contributed by atoms with van der Waals surface area (Å²) in [6.45, 7) is 0. The zero-order valence-corrected chi connectivity index (χ0v) is 9.03. The predicted molar refractivity (Wildman–Crippen MR) is 62.5 cm³/mol. The third-order valence-corrected chi connectivity index (χ3v) is 2.20. The average molecular weight is 232 g/mol. The Bertz CT molecular complexity index is 499. The van der Waals surface area contributed by atoms with Gasteiger partial charge in [0.1, 0.15) is 0 Å². The number of nitrogens with zero attached hydrogens (tertiary/aromatic N) is 1. The molecule has 0 fully saturated rings. The van der Waals surface area contributed by atoms with E-state index in [9.17, 15) is 4.79 Å². The van der Waals surface area contributed by atoms with Crippen LogP contribution in [0.1, 0.15) is 10.4 Å². The molecule has 1 radical (unpaired) electrons. The quantitative estimate of drug-likeness (QED) is 0.864. The van der Waals surface area contributed by atoms with Gasteiger partial charge in [0.25, 0.3) is 5.91 Å². The van der Waals surface area contributed by atoms with E-state index in [1.807, 2.05) is 0 Å². The molecule has 1 heterocycles. The number of hydrogen-bond acceptors (Lipinski definition) is 2. The molecule has 4 heteroatoms. The Balaban J connectivity index is 2.14. The van der Waals surface area contributed by atoms with E-state index in [0.717, 1.165) is 0 Å². The number of amides is 1. The van der Waals surface area contributed by atoms with E-state index in [2.05, 4.69) is 16.5 Å². The van der Waals surface area contributed by atoms with Crippen LogP contribution in [0.5, 0.6) is 0 Å². The summed E-state index contributed by atoms with van der Waals surface area (Å²) in [6.07, 6.45) is 4.07. The summed E-state index contributed by atoms with van der Waals surface area (Å²) in [5.41, 5.74) is 1.14. The molecule has 1 aromatic heterocycles. The fraction of sp³-hybridized carbons (Fsp3) is 0. The highest BCUT2D eigenvalue weighted by molar-refractivity contribution is 6.30. The summed E-state index contributed by atoms with van der Waals surface area (Å²) < 4.78 is 0. The van der Waals surface area contributed by atoms with Crippen molar-refractivity contribution in [1.29, 1.82) is 0 Å². The summed E-state index contributed by atoms with van der Waals surface area (Å²) in [6, 6.07) is 10.2. The Morgan fingerprint density at radius 2 is 2.25 bits per heavy atom. The van der Waals surface area contributed by atoms with Gasteiger partial charge < -0.3 is 5.32 Å². The Kier molecular flexibility index (Phi) is 3.17. The zero-order chi connectivity index (χ0) is 11.4. The van der Waals surface area contributed by atoms with Crippen LogP contribution in [0.2, 0.25) is 5.02 Å². The van der Waals surface area contributed by atoms with Crippen LogP contribution < -0.4 is 5.32 Å². The van der Waals surface area contributed by atoms with Crippen molar-refractivity contribution >= 4 is 23.2 Å². The molecule has 2 rings (SSSR count). The molecule has 0 saturated carbocycles.